The summed E-state index contributed by atoms with van der Waals surface area (Å²) < 4.78 is 4.92. The van der Waals surface area contributed by atoms with Crippen LogP contribution in [-0.2, 0) is 6.54 Å². The second-order valence-corrected chi connectivity index (χ2v) is 3.25. The molecule has 0 aromatic heterocycles. The molecule has 3 N–H and O–H groups in total. The van der Waals surface area contributed by atoms with Crippen LogP contribution in [0.2, 0.25) is 5.02 Å². The lowest BCUT2D eigenvalue weighted by Crippen LogP contribution is -2.08. The number of phenolic OH excluding ortho intramolecular Hbond substituents is 1. The highest BCUT2D eigenvalue weighted by Crippen LogP contribution is 2.36. The Labute approximate surface area is 87.0 Å². The smallest absolute Gasteiger partial charge is 0.162 e. The van der Waals surface area contributed by atoms with Gasteiger partial charge in [0, 0.05) is 23.2 Å². The third-order valence-corrected chi connectivity index (χ3v) is 2.46. The number of methoxy groups -OCH3 is 1. The van der Waals surface area contributed by atoms with Gasteiger partial charge < -0.3 is 15.1 Å². The summed E-state index contributed by atoms with van der Waals surface area (Å²) in [6.45, 7) is 1.88. The van der Waals surface area contributed by atoms with Crippen LogP contribution in [0.4, 0.5) is 0 Å². The lowest BCUT2D eigenvalue weighted by Gasteiger charge is -2.12. The molecule has 0 atom stereocenters. The van der Waals surface area contributed by atoms with Gasteiger partial charge in [0.1, 0.15) is 0 Å². The summed E-state index contributed by atoms with van der Waals surface area (Å²) in [6.07, 6.45) is 0. The lowest BCUT2D eigenvalue weighted by atomic mass is 10.1. The molecule has 5 heteroatoms. The number of nitrogens with one attached hydrogen (secondary N) is 1. The predicted octanol–water partition coefficient (Wildman–Crippen LogP) is 1.84. The largest absolute Gasteiger partial charge is 0.504 e. The van der Waals surface area contributed by atoms with Crippen molar-refractivity contribution in [2.24, 2.45) is 0 Å². The molecule has 0 saturated carbocycles. The third-order valence-electron chi connectivity index (χ3n) is 2.06. The van der Waals surface area contributed by atoms with Crippen LogP contribution < -0.4 is 10.2 Å². The summed E-state index contributed by atoms with van der Waals surface area (Å²) in [6, 6.07) is 1.53. The molecule has 0 aliphatic rings. The van der Waals surface area contributed by atoms with E-state index in [0.717, 1.165) is 0 Å². The fraction of sp³-hybridized carbons (Fsp3) is 0.333. The number of rotatable bonds is 3. The Morgan fingerprint density at radius 2 is 2.21 bits per heavy atom. The Kier molecular flexibility index (Phi) is 3.57. The van der Waals surface area contributed by atoms with E-state index in [1.807, 2.05) is 5.48 Å². The van der Waals surface area contributed by atoms with Crippen LogP contribution in [0.1, 0.15) is 11.1 Å². The third kappa shape index (κ3) is 1.92. The standard InChI is InChI=1S/C9H12ClNO3/c1-5-6(4-11-13)9(12)8(14-2)3-7(5)10/h3,11-13H,4H2,1-2H3. The first-order valence-corrected chi connectivity index (χ1v) is 4.41. The van der Waals surface area contributed by atoms with E-state index in [-0.39, 0.29) is 12.3 Å². The average molecular weight is 218 g/mol. The summed E-state index contributed by atoms with van der Waals surface area (Å²) >= 11 is 5.90. The number of hydrogen-bond donors (Lipinski definition) is 3. The summed E-state index contributed by atoms with van der Waals surface area (Å²) in [4.78, 5) is 0. The average Bonchev–Trinajstić information content (AvgIpc) is 2.18. The first-order chi connectivity index (χ1) is 6.61. The lowest BCUT2D eigenvalue weighted by molar-refractivity contribution is 0.159. The van der Waals surface area contributed by atoms with Crippen LogP contribution in [0, 0.1) is 6.92 Å². The van der Waals surface area contributed by atoms with E-state index in [1.54, 1.807) is 6.92 Å². The fourth-order valence-electron chi connectivity index (χ4n) is 1.21. The van der Waals surface area contributed by atoms with Gasteiger partial charge >= 0.3 is 0 Å². The van der Waals surface area contributed by atoms with Crippen molar-refractivity contribution in [3.63, 3.8) is 0 Å². The van der Waals surface area contributed by atoms with Crippen LogP contribution in [0.15, 0.2) is 6.07 Å². The van der Waals surface area contributed by atoms with Crippen molar-refractivity contribution in [2.75, 3.05) is 7.11 Å². The number of benzene rings is 1. The van der Waals surface area contributed by atoms with Crippen molar-refractivity contribution in [3.8, 4) is 11.5 Å². The van der Waals surface area contributed by atoms with Gasteiger partial charge in [-0.15, -0.1) is 0 Å². The van der Waals surface area contributed by atoms with Gasteiger partial charge in [0.25, 0.3) is 0 Å². The van der Waals surface area contributed by atoms with E-state index in [2.05, 4.69) is 0 Å². The molecule has 14 heavy (non-hydrogen) atoms. The maximum atomic E-state index is 9.69. The van der Waals surface area contributed by atoms with Crippen molar-refractivity contribution in [1.29, 1.82) is 0 Å². The van der Waals surface area contributed by atoms with E-state index in [0.29, 0.717) is 21.9 Å². The van der Waals surface area contributed by atoms with Gasteiger partial charge in [0.2, 0.25) is 0 Å². The summed E-state index contributed by atoms with van der Waals surface area (Å²) in [5.41, 5.74) is 3.21. The van der Waals surface area contributed by atoms with Gasteiger partial charge in [-0.25, -0.2) is 5.48 Å². The molecule has 1 rings (SSSR count). The Morgan fingerprint density at radius 3 is 2.71 bits per heavy atom. The maximum absolute atomic E-state index is 9.69. The molecule has 1 aromatic rings. The highest BCUT2D eigenvalue weighted by atomic mass is 35.5. The van der Waals surface area contributed by atoms with E-state index < -0.39 is 0 Å². The molecule has 4 nitrogen and oxygen atoms in total. The number of hydrogen-bond acceptors (Lipinski definition) is 4. The minimum atomic E-state index is -0.00375. The van der Waals surface area contributed by atoms with Crippen molar-refractivity contribution in [3.05, 3.63) is 22.2 Å². The number of phenols is 1. The van der Waals surface area contributed by atoms with Gasteiger partial charge in [-0.05, 0) is 12.5 Å². The van der Waals surface area contributed by atoms with Crippen LogP contribution >= 0.6 is 11.6 Å². The van der Waals surface area contributed by atoms with E-state index in [4.69, 9.17) is 21.5 Å². The molecular weight excluding hydrogens is 206 g/mol. The van der Waals surface area contributed by atoms with Crippen LogP contribution in [0.3, 0.4) is 0 Å². The molecule has 0 unspecified atom stereocenters. The Bertz CT molecular complexity index is 341. The molecule has 0 radical (unpaired) electrons. The number of ether oxygens (including phenoxy) is 1. The van der Waals surface area contributed by atoms with Crippen LogP contribution in [0.25, 0.3) is 0 Å². The Hall–Kier alpha value is -0.970. The minimum absolute atomic E-state index is 0.00375. The summed E-state index contributed by atoms with van der Waals surface area (Å²) in [5.74, 6) is 0.293. The molecule has 0 bridgehead atoms. The molecule has 1 aromatic carbocycles. The normalized spacial score (nSPS) is 10.3. The zero-order valence-electron chi connectivity index (χ0n) is 7.97. The monoisotopic (exact) mass is 217 g/mol. The van der Waals surface area contributed by atoms with Crippen LogP contribution in [-0.4, -0.2) is 17.4 Å². The van der Waals surface area contributed by atoms with E-state index in [1.165, 1.54) is 13.2 Å². The first-order valence-electron chi connectivity index (χ1n) is 4.03. The van der Waals surface area contributed by atoms with Gasteiger partial charge in [-0.2, -0.15) is 0 Å². The number of aromatic hydroxyl groups is 1. The van der Waals surface area contributed by atoms with Crippen molar-refractivity contribution in [2.45, 2.75) is 13.5 Å². The number of halogens is 1. The molecule has 0 aliphatic carbocycles. The molecule has 0 saturated heterocycles. The van der Waals surface area contributed by atoms with Gasteiger partial charge in [0.05, 0.1) is 7.11 Å². The highest BCUT2D eigenvalue weighted by Gasteiger charge is 2.13. The first kappa shape index (κ1) is 11.1. The van der Waals surface area contributed by atoms with Gasteiger partial charge in [-0.1, -0.05) is 11.6 Å². The van der Waals surface area contributed by atoms with Crippen molar-refractivity contribution < 1.29 is 15.1 Å². The topological polar surface area (TPSA) is 61.7 Å². The molecule has 0 aliphatic heterocycles. The van der Waals surface area contributed by atoms with Gasteiger partial charge in [0.15, 0.2) is 11.5 Å². The second kappa shape index (κ2) is 4.50. The van der Waals surface area contributed by atoms with E-state index >= 15 is 0 Å². The maximum Gasteiger partial charge on any atom is 0.162 e. The second-order valence-electron chi connectivity index (χ2n) is 2.85. The summed E-state index contributed by atoms with van der Waals surface area (Å²) in [5, 5.41) is 18.8. The molecular formula is C9H12ClNO3. The molecule has 0 heterocycles. The highest BCUT2D eigenvalue weighted by molar-refractivity contribution is 6.31. The zero-order chi connectivity index (χ0) is 10.7. The SMILES string of the molecule is COc1cc(Cl)c(C)c(CNO)c1O. The van der Waals surface area contributed by atoms with Crippen LogP contribution in [0.5, 0.6) is 11.5 Å². The van der Waals surface area contributed by atoms with Gasteiger partial charge in [-0.3, -0.25) is 0 Å². The van der Waals surface area contributed by atoms with Crippen molar-refractivity contribution in [1.82, 2.24) is 5.48 Å². The van der Waals surface area contributed by atoms with Crippen molar-refractivity contribution >= 4 is 11.6 Å². The quantitative estimate of drug-likeness (QED) is 0.677. The Balaban J connectivity index is 3.29. The summed E-state index contributed by atoms with van der Waals surface area (Å²) in [7, 11) is 1.44. The molecule has 0 fully saturated rings. The molecule has 0 amide bonds. The molecule has 78 valence electrons. The van der Waals surface area contributed by atoms with E-state index in [9.17, 15) is 5.11 Å². The number of hydroxylamine groups is 1. The Morgan fingerprint density at radius 1 is 1.57 bits per heavy atom. The molecule has 0 spiro atoms. The predicted molar refractivity (Wildman–Crippen MR) is 53.0 cm³/mol. The fourth-order valence-corrected chi connectivity index (χ4v) is 1.43. The minimum Gasteiger partial charge on any atom is -0.504 e. The zero-order valence-corrected chi connectivity index (χ0v) is 8.72.